The van der Waals surface area contributed by atoms with Gasteiger partial charge >= 0.3 is 11.5 Å². The zero-order valence-electron chi connectivity index (χ0n) is 16.3. The van der Waals surface area contributed by atoms with Gasteiger partial charge in [-0.2, -0.15) is 13.2 Å². The summed E-state index contributed by atoms with van der Waals surface area (Å²) in [6.07, 6.45) is 5.33. The van der Waals surface area contributed by atoms with Crippen LogP contribution in [-0.4, -0.2) is 57.2 Å². The average molecular weight is 448 g/mol. The van der Waals surface area contributed by atoms with Crippen molar-refractivity contribution in [1.82, 2.24) is 19.4 Å². The van der Waals surface area contributed by atoms with E-state index in [-0.39, 0.29) is 22.7 Å². The minimum absolute atomic E-state index is 0.0724. The van der Waals surface area contributed by atoms with E-state index in [0.717, 1.165) is 11.6 Å². The van der Waals surface area contributed by atoms with Crippen LogP contribution in [0.5, 0.6) is 0 Å². The number of thioether (sulfide) groups is 1. The van der Waals surface area contributed by atoms with E-state index in [1.54, 1.807) is 4.90 Å². The van der Waals surface area contributed by atoms with Gasteiger partial charge in [0.25, 0.3) is 0 Å². The van der Waals surface area contributed by atoms with Crippen molar-refractivity contribution >= 4 is 29.3 Å². The highest BCUT2D eigenvalue weighted by Gasteiger charge is 2.29. The minimum atomic E-state index is -4.34. The second-order valence-corrected chi connectivity index (χ2v) is 7.94. The number of alkyl halides is 3. The van der Waals surface area contributed by atoms with Gasteiger partial charge in [0.2, 0.25) is 0 Å². The molecule has 1 aromatic carbocycles. The van der Waals surface area contributed by atoms with Gasteiger partial charge in [-0.1, -0.05) is 0 Å². The van der Waals surface area contributed by atoms with Gasteiger partial charge in [-0.05, 0) is 48.2 Å². The Morgan fingerprint density at radius 1 is 0.968 bits per heavy atom. The number of rotatable bonds is 4. The number of hydrogen-bond acceptors (Lipinski definition) is 5. The van der Waals surface area contributed by atoms with Crippen molar-refractivity contribution < 1.29 is 18.0 Å². The fourth-order valence-electron chi connectivity index (χ4n) is 3.22. The number of urea groups is 1. The number of amides is 2. The lowest BCUT2D eigenvalue weighted by Crippen LogP contribution is -2.50. The Hall–Kier alpha value is -3.21. The molecule has 0 spiro atoms. The SMILES string of the molecule is O=C(Nc1ccc(SC(F)(F)F)cc1)N1CCN(c2cc(-n3cccc3)ncn2)CC1. The largest absolute Gasteiger partial charge is 0.446 e. The van der Waals surface area contributed by atoms with Crippen LogP contribution < -0.4 is 10.2 Å². The quantitative estimate of drug-likeness (QED) is 0.605. The number of carbonyl (C=O) groups excluding carboxylic acids is 1. The predicted octanol–water partition coefficient (Wildman–Crippen LogP) is 4.23. The average Bonchev–Trinajstić information content (AvgIpc) is 3.29. The molecule has 11 heteroatoms. The van der Waals surface area contributed by atoms with Gasteiger partial charge in [0, 0.05) is 55.2 Å². The number of benzene rings is 1. The molecule has 7 nitrogen and oxygen atoms in total. The summed E-state index contributed by atoms with van der Waals surface area (Å²) in [5.74, 6) is 1.55. The number of hydrogen-bond donors (Lipinski definition) is 1. The van der Waals surface area contributed by atoms with Crippen molar-refractivity contribution in [2.24, 2.45) is 0 Å². The molecule has 0 aliphatic carbocycles. The molecule has 1 fully saturated rings. The third kappa shape index (κ3) is 5.48. The summed E-state index contributed by atoms with van der Waals surface area (Å²) in [4.78, 5) is 25.0. The summed E-state index contributed by atoms with van der Waals surface area (Å²) in [5.41, 5.74) is -3.89. The Morgan fingerprint density at radius 3 is 2.26 bits per heavy atom. The molecule has 4 rings (SSSR count). The standard InChI is InChI=1S/C20H19F3N6OS/c21-20(22,23)31-16-5-3-15(4-6-16)26-19(30)29-11-9-28(10-12-29)18-13-17(24-14-25-18)27-7-1-2-8-27/h1-8,13-14H,9-12H2,(H,26,30). The Balaban J connectivity index is 1.32. The molecule has 3 aromatic rings. The van der Waals surface area contributed by atoms with E-state index in [1.165, 1.54) is 30.6 Å². The fourth-order valence-corrected chi connectivity index (χ4v) is 3.76. The highest BCUT2D eigenvalue weighted by atomic mass is 32.2. The van der Waals surface area contributed by atoms with E-state index < -0.39 is 5.51 Å². The van der Waals surface area contributed by atoms with Gasteiger partial charge in [0.05, 0.1) is 0 Å². The Kier molecular flexibility index (Phi) is 6.03. The van der Waals surface area contributed by atoms with Crippen molar-refractivity contribution in [2.45, 2.75) is 10.4 Å². The summed E-state index contributed by atoms with van der Waals surface area (Å²) in [6, 6.07) is 11.1. The summed E-state index contributed by atoms with van der Waals surface area (Å²) >= 11 is -0.186. The molecule has 0 radical (unpaired) electrons. The molecular weight excluding hydrogens is 429 g/mol. The van der Waals surface area contributed by atoms with Crippen molar-refractivity contribution in [3.63, 3.8) is 0 Å². The van der Waals surface area contributed by atoms with E-state index in [1.807, 2.05) is 35.2 Å². The van der Waals surface area contributed by atoms with E-state index in [4.69, 9.17) is 0 Å². The van der Waals surface area contributed by atoms with Crippen LogP contribution in [0.25, 0.3) is 5.82 Å². The minimum Gasteiger partial charge on any atom is -0.353 e. The molecule has 1 saturated heterocycles. The second kappa shape index (κ2) is 8.88. The highest BCUT2D eigenvalue weighted by Crippen LogP contribution is 2.37. The third-order valence-electron chi connectivity index (χ3n) is 4.74. The molecule has 162 valence electrons. The maximum absolute atomic E-state index is 12.5. The van der Waals surface area contributed by atoms with Gasteiger partial charge in [0.15, 0.2) is 0 Å². The van der Waals surface area contributed by atoms with Crippen LogP contribution in [0.15, 0.2) is 66.1 Å². The third-order valence-corrected chi connectivity index (χ3v) is 5.48. The van der Waals surface area contributed by atoms with Crippen molar-refractivity contribution in [2.75, 3.05) is 36.4 Å². The first-order valence-corrected chi connectivity index (χ1v) is 10.3. The van der Waals surface area contributed by atoms with Gasteiger partial charge in [-0.3, -0.25) is 0 Å². The maximum atomic E-state index is 12.5. The van der Waals surface area contributed by atoms with Crippen molar-refractivity contribution in [3.8, 4) is 5.82 Å². The smallest absolute Gasteiger partial charge is 0.353 e. The fraction of sp³-hybridized carbons (Fsp3) is 0.250. The zero-order valence-corrected chi connectivity index (χ0v) is 17.1. The molecule has 0 atom stereocenters. The summed E-state index contributed by atoms with van der Waals surface area (Å²) in [7, 11) is 0. The Morgan fingerprint density at radius 2 is 1.61 bits per heavy atom. The molecule has 1 aliphatic rings. The number of carbonyl (C=O) groups is 1. The number of nitrogens with one attached hydrogen (secondary N) is 1. The molecule has 0 saturated carbocycles. The predicted molar refractivity (Wildman–Crippen MR) is 113 cm³/mol. The molecule has 1 aliphatic heterocycles. The molecule has 0 unspecified atom stereocenters. The van der Waals surface area contributed by atoms with Gasteiger partial charge < -0.3 is 19.7 Å². The highest BCUT2D eigenvalue weighted by molar-refractivity contribution is 8.00. The van der Waals surface area contributed by atoms with E-state index in [9.17, 15) is 18.0 Å². The lowest BCUT2D eigenvalue weighted by Gasteiger charge is -2.35. The first-order chi connectivity index (χ1) is 14.9. The van der Waals surface area contributed by atoms with Gasteiger partial charge in [0.1, 0.15) is 18.0 Å². The summed E-state index contributed by atoms with van der Waals surface area (Å²) in [5, 5.41) is 2.73. The molecule has 2 aromatic heterocycles. The molecule has 3 heterocycles. The first-order valence-electron chi connectivity index (χ1n) is 9.49. The van der Waals surface area contributed by atoms with Crippen LogP contribution in [0, 0.1) is 0 Å². The molecule has 1 N–H and O–H groups in total. The Labute approximate surface area is 180 Å². The lowest BCUT2D eigenvalue weighted by molar-refractivity contribution is -0.0328. The van der Waals surface area contributed by atoms with E-state index in [2.05, 4.69) is 20.2 Å². The normalized spacial score (nSPS) is 14.5. The number of anilines is 2. The molecule has 2 amide bonds. The van der Waals surface area contributed by atoms with E-state index in [0.29, 0.717) is 31.9 Å². The second-order valence-electron chi connectivity index (χ2n) is 6.80. The zero-order chi connectivity index (χ0) is 21.8. The number of piperazine rings is 1. The monoisotopic (exact) mass is 448 g/mol. The summed E-state index contributed by atoms with van der Waals surface area (Å²) in [6.45, 7) is 2.21. The van der Waals surface area contributed by atoms with Crippen LogP contribution in [0.2, 0.25) is 0 Å². The van der Waals surface area contributed by atoms with Gasteiger partial charge in [-0.25, -0.2) is 14.8 Å². The van der Waals surface area contributed by atoms with Crippen LogP contribution in [-0.2, 0) is 0 Å². The number of nitrogens with zero attached hydrogens (tertiary/aromatic N) is 5. The van der Waals surface area contributed by atoms with Crippen molar-refractivity contribution in [3.05, 3.63) is 61.2 Å². The number of aromatic nitrogens is 3. The molecule has 31 heavy (non-hydrogen) atoms. The van der Waals surface area contributed by atoms with E-state index >= 15 is 0 Å². The summed E-state index contributed by atoms with van der Waals surface area (Å²) < 4.78 is 39.1. The van der Waals surface area contributed by atoms with Crippen LogP contribution in [0.3, 0.4) is 0 Å². The Bertz CT molecular complexity index is 1020. The maximum Gasteiger partial charge on any atom is 0.446 e. The first kappa shape index (κ1) is 21.0. The van der Waals surface area contributed by atoms with Crippen LogP contribution >= 0.6 is 11.8 Å². The topological polar surface area (TPSA) is 66.3 Å². The van der Waals surface area contributed by atoms with Gasteiger partial charge in [-0.15, -0.1) is 0 Å². The lowest BCUT2D eigenvalue weighted by atomic mass is 10.3. The number of halogens is 3. The molecular formula is C20H19F3N6OS. The van der Waals surface area contributed by atoms with Crippen LogP contribution in [0.1, 0.15) is 0 Å². The van der Waals surface area contributed by atoms with Crippen LogP contribution in [0.4, 0.5) is 29.5 Å². The molecule has 0 bridgehead atoms. The van der Waals surface area contributed by atoms with Crippen molar-refractivity contribution in [1.29, 1.82) is 0 Å².